The second-order valence-corrected chi connectivity index (χ2v) is 4.27. The average Bonchev–Trinajstić information content (AvgIpc) is 2.54. The number of aromatic nitrogens is 2. The molecule has 0 spiro atoms. The molecule has 2 N–H and O–H groups in total. The normalized spacial score (nSPS) is 11.7. The Balaban J connectivity index is 2.88. The highest BCUT2D eigenvalue weighted by Gasteiger charge is 2.38. The van der Waals surface area contributed by atoms with E-state index in [-0.39, 0.29) is 29.9 Å². The van der Waals surface area contributed by atoms with Crippen molar-refractivity contribution >= 4 is 21.8 Å². The second kappa shape index (κ2) is 5.70. The lowest BCUT2D eigenvalue weighted by molar-refractivity contribution is -0.142. The summed E-state index contributed by atoms with van der Waals surface area (Å²) >= 11 is 2.80. The van der Waals surface area contributed by atoms with Gasteiger partial charge in [-0.15, -0.1) is 0 Å². The fourth-order valence-corrected chi connectivity index (χ4v) is 1.76. The number of aliphatic hydroxyl groups excluding tert-OH is 1. The number of nitrogens with zero attached hydrogens (tertiary/aromatic N) is 2. The lowest BCUT2D eigenvalue weighted by atomic mass is 10.3. The third kappa shape index (κ3) is 3.45. The molecule has 0 bridgehead atoms. The standard InChI is InChI=1S/C9H11BrF3N3O2/c1-5-7(10)8(9(11,12)13)15-16(5)4-6(18)14-2-3-17/h17H,2-4H2,1H3,(H,14,18). The van der Waals surface area contributed by atoms with Crippen molar-refractivity contribution in [2.45, 2.75) is 19.6 Å². The molecule has 0 atom stereocenters. The minimum atomic E-state index is -4.57. The number of hydrogen-bond donors (Lipinski definition) is 2. The molecule has 1 amide bonds. The van der Waals surface area contributed by atoms with Crippen LogP contribution in [0.2, 0.25) is 0 Å². The molecule has 1 heterocycles. The number of hydrogen-bond acceptors (Lipinski definition) is 3. The van der Waals surface area contributed by atoms with Gasteiger partial charge in [-0.1, -0.05) is 0 Å². The molecule has 18 heavy (non-hydrogen) atoms. The van der Waals surface area contributed by atoms with E-state index < -0.39 is 17.8 Å². The Morgan fingerprint density at radius 3 is 2.61 bits per heavy atom. The van der Waals surface area contributed by atoms with Crippen molar-refractivity contribution in [3.05, 3.63) is 15.9 Å². The zero-order valence-electron chi connectivity index (χ0n) is 9.38. The molecule has 0 fully saturated rings. The Bertz CT molecular complexity index is 445. The molecular weight excluding hydrogens is 319 g/mol. The van der Waals surface area contributed by atoms with Gasteiger partial charge < -0.3 is 10.4 Å². The number of halogens is 4. The van der Waals surface area contributed by atoms with Crippen LogP contribution in [0.25, 0.3) is 0 Å². The number of carbonyl (C=O) groups is 1. The maximum Gasteiger partial charge on any atom is 0.436 e. The van der Waals surface area contributed by atoms with E-state index in [1.165, 1.54) is 6.92 Å². The highest BCUT2D eigenvalue weighted by atomic mass is 79.9. The van der Waals surface area contributed by atoms with Crippen LogP contribution in [0.15, 0.2) is 4.47 Å². The van der Waals surface area contributed by atoms with E-state index in [0.29, 0.717) is 0 Å². The monoisotopic (exact) mass is 329 g/mol. The van der Waals surface area contributed by atoms with Gasteiger partial charge in [-0.3, -0.25) is 9.48 Å². The highest BCUT2D eigenvalue weighted by Crippen LogP contribution is 2.35. The van der Waals surface area contributed by atoms with Crippen LogP contribution in [-0.4, -0.2) is 33.9 Å². The van der Waals surface area contributed by atoms with Crippen molar-refractivity contribution in [3.63, 3.8) is 0 Å². The molecule has 1 rings (SSSR count). The average molecular weight is 330 g/mol. The summed E-state index contributed by atoms with van der Waals surface area (Å²) in [5.41, 5.74) is -0.851. The van der Waals surface area contributed by atoms with Crippen molar-refractivity contribution < 1.29 is 23.1 Å². The molecule has 9 heteroatoms. The van der Waals surface area contributed by atoms with Gasteiger partial charge in [-0.2, -0.15) is 18.3 Å². The van der Waals surface area contributed by atoms with Crippen LogP contribution in [0.1, 0.15) is 11.4 Å². The van der Waals surface area contributed by atoms with Gasteiger partial charge in [0.05, 0.1) is 16.8 Å². The predicted molar refractivity (Wildman–Crippen MR) is 59.8 cm³/mol. The van der Waals surface area contributed by atoms with Gasteiger partial charge in [0.1, 0.15) is 6.54 Å². The molecule has 102 valence electrons. The van der Waals surface area contributed by atoms with Gasteiger partial charge in [-0.05, 0) is 22.9 Å². The van der Waals surface area contributed by atoms with E-state index in [0.717, 1.165) is 4.68 Å². The van der Waals surface area contributed by atoms with Crippen molar-refractivity contribution in [1.82, 2.24) is 15.1 Å². The van der Waals surface area contributed by atoms with Crippen LogP contribution in [0.4, 0.5) is 13.2 Å². The Morgan fingerprint density at radius 1 is 1.56 bits per heavy atom. The second-order valence-electron chi connectivity index (χ2n) is 3.48. The van der Waals surface area contributed by atoms with Gasteiger partial charge in [0.25, 0.3) is 0 Å². The van der Waals surface area contributed by atoms with Crippen molar-refractivity contribution in [1.29, 1.82) is 0 Å². The van der Waals surface area contributed by atoms with Crippen molar-refractivity contribution in [2.24, 2.45) is 0 Å². The zero-order chi connectivity index (χ0) is 13.9. The van der Waals surface area contributed by atoms with Gasteiger partial charge in [0.2, 0.25) is 5.91 Å². The molecule has 1 aromatic heterocycles. The summed E-state index contributed by atoms with van der Waals surface area (Å²) in [6.45, 7) is 0.903. The SMILES string of the molecule is Cc1c(Br)c(C(F)(F)F)nn1CC(=O)NCCO. The van der Waals surface area contributed by atoms with E-state index in [2.05, 4.69) is 26.3 Å². The molecular formula is C9H11BrF3N3O2. The van der Waals surface area contributed by atoms with Gasteiger partial charge in [-0.25, -0.2) is 0 Å². The van der Waals surface area contributed by atoms with Crippen LogP contribution >= 0.6 is 15.9 Å². The van der Waals surface area contributed by atoms with Crippen LogP contribution < -0.4 is 5.32 Å². The lowest BCUT2D eigenvalue weighted by Gasteiger charge is -2.05. The quantitative estimate of drug-likeness (QED) is 0.868. The van der Waals surface area contributed by atoms with E-state index in [1.807, 2.05) is 0 Å². The molecule has 0 radical (unpaired) electrons. The van der Waals surface area contributed by atoms with Crippen LogP contribution in [0.5, 0.6) is 0 Å². The molecule has 0 saturated heterocycles. The smallest absolute Gasteiger partial charge is 0.395 e. The topological polar surface area (TPSA) is 67.2 Å². The first-order chi connectivity index (χ1) is 8.27. The van der Waals surface area contributed by atoms with E-state index in [1.54, 1.807) is 0 Å². The summed E-state index contributed by atoms with van der Waals surface area (Å²) in [6.07, 6.45) is -4.57. The molecule has 0 aliphatic carbocycles. The Kier molecular flexibility index (Phi) is 4.74. The van der Waals surface area contributed by atoms with Crippen LogP contribution in [0, 0.1) is 6.92 Å². The molecule has 0 aliphatic heterocycles. The first-order valence-corrected chi connectivity index (χ1v) is 5.74. The summed E-state index contributed by atoms with van der Waals surface area (Å²) < 4.78 is 38.4. The first-order valence-electron chi connectivity index (χ1n) is 4.95. The highest BCUT2D eigenvalue weighted by molar-refractivity contribution is 9.10. The fraction of sp³-hybridized carbons (Fsp3) is 0.556. The number of alkyl halides is 3. The molecule has 0 saturated carbocycles. The molecule has 5 nitrogen and oxygen atoms in total. The minimum Gasteiger partial charge on any atom is -0.395 e. The Morgan fingerprint density at radius 2 is 2.17 bits per heavy atom. The number of rotatable bonds is 4. The van der Waals surface area contributed by atoms with Gasteiger partial charge >= 0.3 is 6.18 Å². The van der Waals surface area contributed by atoms with Crippen molar-refractivity contribution in [2.75, 3.05) is 13.2 Å². The number of amides is 1. The summed E-state index contributed by atoms with van der Waals surface area (Å²) in [5, 5.41) is 14.2. The third-order valence-corrected chi connectivity index (χ3v) is 3.08. The molecule has 1 aromatic rings. The summed E-state index contributed by atoms with van der Waals surface area (Å²) in [4.78, 5) is 11.3. The van der Waals surface area contributed by atoms with Crippen LogP contribution in [0.3, 0.4) is 0 Å². The predicted octanol–water partition coefficient (Wildman–Crippen LogP) is 1.08. The van der Waals surface area contributed by atoms with Crippen molar-refractivity contribution in [3.8, 4) is 0 Å². The summed E-state index contributed by atoms with van der Waals surface area (Å²) in [5.74, 6) is -0.518. The van der Waals surface area contributed by atoms with Crippen LogP contribution in [-0.2, 0) is 17.5 Å². The summed E-state index contributed by atoms with van der Waals surface area (Å²) in [7, 11) is 0. The summed E-state index contributed by atoms with van der Waals surface area (Å²) in [6, 6.07) is 0. The molecule has 0 aliphatic rings. The Hall–Kier alpha value is -1.09. The number of carbonyl (C=O) groups excluding carboxylic acids is 1. The minimum absolute atomic E-state index is 0.0481. The molecule has 0 aromatic carbocycles. The largest absolute Gasteiger partial charge is 0.436 e. The first kappa shape index (κ1) is 15.0. The molecule has 0 unspecified atom stereocenters. The number of aliphatic hydroxyl groups is 1. The Labute approximate surface area is 109 Å². The maximum absolute atomic E-state index is 12.5. The lowest BCUT2D eigenvalue weighted by Crippen LogP contribution is -2.30. The fourth-order valence-electron chi connectivity index (χ4n) is 1.25. The zero-order valence-corrected chi connectivity index (χ0v) is 11.0. The number of nitrogens with one attached hydrogen (secondary N) is 1. The van der Waals surface area contributed by atoms with E-state index >= 15 is 0 Å². The van der Waals surface area contributed by atoms with E-state index in [4.69, 9.17) is 5.11 Å². The third-order valence-electron chi connectivity index (χ3n) is 2.13. The van der Waals surface area contributed by atoms with E-state index in [9.17, 15) is 18.0 Å². The van der Waals surface area contributed by atoms with Gasteiger partial charge in [0.15, 0.2) is 5.69 Å². The maximum atomic E-state index is 12.5. The van der Waals surface area contributed by atoms with Gasteiger partial charge in [0, 0.05) is 6.54 Å².